The number of amides is 1. The summed E-state index contributed by atoms with van der Waals surface area (Å²) >= 11 is 0. The summed E-state index contributed by atoms with van der Waals surface area (Å²) in [4.78, 5) is 11.6. The van der Waals surface area contributed by atoms with E-state index in [9.17, 15) is 17.6 Å². The number of sulfonamides is 1. The van der Waals surface area contributed by atoms with Crippen molar-refractivity contribution in [3.05, 3.63) is 29.6 Å². The van der Waals surface area contributed by atoms with Crippen molar-refractivity contribution < 1.29 is 17.6 Å². The molecule has 1 unspecified atom stereocenters. The fourth-order valence-electron chi connectivity index (χ4n) is 1.94. The molecule has 21 heavy (non-hydrogen) atoms. The number of hydrogen-bond acceptors (Lipinski definition) is 3. The van der Waals surface area contributed by atoms with Crippen LogP contribution in [0.25, 0.3) is 0 Å². The topological polar surface area (TPSA) is 89.3 Å². The molecule has 1 aromatic rings. The average molecular weight is 316 g/mol. The second kappa shape index (κ2) is 7.51. The summed E-state index contributed by atoms with van der Waals surface area (Å²) in [5, 5.41) is 7.67. The summed E-state index contributed by atoms with van der Waals surface area (Å²) < 4.78 is 35.9. The maximum atomic E-state index is 13.4. The highest BCUT2D eigenvalue weighted by Crippen LogP contribution is 2.14. The van der Waals surface area contributed by atoms with Crippen molar-refractivity contribution in [3.8, 4) is 0 Å². The van der Waals surface area contributed by atoms with Gasteiger partial charge in [-0.25, -0.2) is 17.9 Å². The van der Waals surface area contributed by atoms with Crippen LogP contribution in [0.3, 0.4) is 0 Å². The van der Waals surface area contributed by atoms with E-state index in [0.717, 1.165) is 43.9 Å². The third-order valence-electron chi connectivity index (χ3n) is 3.08. The van der Waals surface area contributed by atoms with Crippen molar-refractivity contribution in [2.45, 2.75) is 50.5 Å². The number of hydrogen-bond donors (Lipinski definition) is 2. The van der Waals surface area contributed by atoms with Crippen LogP contribution in [-0.4, -0.2) is 20.4 Å². The van der Waals surface area contributed by atoms with E-state index in [0.29, 0.717) is 0 Å². The highest BCUT2D eigenvalue weighted by atomic mass is 32.2. The first-order chi connectivity index (χ1) is 9.74. The largest absolute Gasteiger partial charge is 0.350 e. The third kappa shape index (κ3) is 5.81. The van der Waals surface area contributed by atoms with Crippen LogP contribution in [0.1, 0.15) is 49.9 Å². The van der Waals surface area contributed by atoms with Gasteiger partial charge in [-0.3, -0.25) is 4.79 Å². The smallest absolute Gasteiger partial charge is 0.251 e. The van der Waals surface area contributed by atoms with Crippen molar-refractivity contribution in [1.29, 1.82) is 0 Å². The molecule has 0 spiro atoms. The normalized spacial score (nSPS) is 13.0. The number of primary sulfonamides is 1. The van der Waals surface area contributed by atoms with Gasteiger partial charge in [0.1, 0.15) is 5.82 Å². The summed E-state index contributed by atoms with van der Waals surface area (Å²) in [7, 11) is -4.05. The van der Waals surface area contributed by atoms with Crippen LogP contribution in [0.4, 0.5) is 4.39 Å². The van der Waals surface area contributed by atoms with E-state index in [1.54, 1.807) is 0 Å². The van der Waals surface area contributed by atoms with Crippen LogP contribution in [0.15, 0.2) is 23.1 Å². The Kier molecular flexibility index (Phi) is 6.29. The van der Waals surface area contributed by atoms with Gasteiger partial charge in [-0.15, -0.1) is 0 Å². The van der Waals surface area contributed by atoms with Gasteiger partial charge in [0.25, 0.3) is 5.91 Å². The first-order valence-corrected chi connectivity index (χ1v) is 8.43. The number of rotatable bonds is 7. The number of carbonyl (C=O) groups excluding carboxylic acids is 1. The highest BCUT2D eigenvalue weighted by Gasteiger charge is 2.16. The summed E-state index contributed by atoms with van der Waals surface area (Å²) in [5.41, 5.74) is -0.0543. The molecule has 1 amide bonds. The van der Waals surface area contributed by atoms with Gasteiger partial charge in [0.05, 0.1) is 4.90 Å². The maximum Gasteiger partial charge on any atom is 0.251 e. The predicted octanol–water partition coefficient (Wildman–Crippen LogP) is 2.17. The predicted molar refractivity (Wildman–Crippen MR) is 78.8 cm³/mol. The van der Waals surface area contributed by atoms with Crippen molar-refractivity contribution in [3.63, 3.8) is 0 Å². The van der Waals surface area contributed by atoms with Crippen LogP contribution < -0.4 is 10.5 Å². The van der Waals surface area contributed by atoms with Gasteiger partial charge in [-0.1, -0.05) is 26.2 Å². The van der Waals surface area contributed by atoms with E-state index in [4.69, 9.17) is 5.14 Å². The molecule has 7 heteroatoms. The highest BCUT2D eigenvalue weighted by molar-refractivity contribution is 7.89. The van der Waals surface area contributed by atoms with E-state index in [1.165, 1.54) is 0 Å². The molecule has 0 radical (unpaired) electrons. The van der Waals surface area contributed by atoms with Gasteiger partial charge in [0.15, 0.2) is 0 Å². The van der Waals surface area contributed by atoms with Crippen molar-refractivity contribution >= 4 is 15.9 Å². The lowest BCUT2D eigenvalue weighted by atomic mass is 10.1. The van der Waals surface area contributed by atoms with E-state index < -0.39 is 26.6 Å². The quantitative estimate of drug-likeness (QED) is 0.755. The lowest BCUT2D eigenvalue weighted by Gasteiger charge is -2.14. The molecule has 0 aliphatic carbocycles. The van der Waals surface area contributed by atoms with Crippen LogP contribution >= 0.6 is 0 Å². The van der Waals surface area contributed by atoms with E-state index in [1.807, 2.05) is 6.92 Å². The minimum Gasteiger partial charge on any atom is -0.350 e. The Balaban J connectivity index is 2.81. The van der Waals surface area contributed by atoms with Crippen molar-refractivity contribution in [1.82, 2.24) is 5.32 Å². The number of nitrogens with two attached hydrogens (primary N) is 1. The average Bonchev–Trinajstić information content (AvgIpc) is 2.37. The number of nitrogens with one attached hydrogen (secondary N) is 1. The first-order valence-electron chi connectivity index (χ1n) is 6.88. The Bertz CT molecular complexity index is 602. The maximum absolute atomic E-state index is 13.4. The minimum absolute atomic E-state index is 0.0543. The molecule has 0 heterocycles. The molecule has 0 saturated heterocycles. The first kappa shape index (κ1) is 17.6. The lowest BCUT2D eigenvalue weighted by Crippen LogP contribution is -2.32. The van der Waals surface area contributed by atoms with Gasteiger partial charge < -0.3 is 5.32 Å². The Labute approximate surface area is 124 Å². The fourth-order valence-corrected chi connectivity index (χ4v) is 2.51. The standard InChI is InChI=1S/C14H21FN2O3S/c1-3-4-5-6-10(2)17-14(18)11-7-12(15)9-13(8-11)21(16,19)20/h7-10H,3-6H2,1-2H3,(H,17,18)(H2,16,19,20). The Morgan fingerprint density at radius 2 is 2.00 bits per heavy atom. The Hall–Kier alpha value is -1.47. The molecule has 5 nitrogen and oxygen atoms in total. The summed E-state index contributed by atoms with van der Waals surface area (Å²) in [6.07, 6.45) is 3.97. The van der Waals surface area contributed by atoms with Gasteiger partial charge in [-0.05, 0) is 31.5 Å². The molecule has 1 aromatic carbocycles. The minimum atomic E-state index is -4.05. The molecule has 3 N–H and O–H groups in total. The zero-order chi connectivity index (χ0) is 16.0. The van der Waals surface area contributed by atoms with Gasteiger partial charge >= 0.3 is 0 Å². The molecule has 0 bridgehead atoms. The van der Waals surface area contributed by atoms with Crippen molar-refractivity contribution in [2.75, 3.05) is 0 Å². The number of carbonyl (C=O) groups is 1. The molecule has 118 valence electrons. The number of halogens is 1. The fraction of sp³-hybridized carbons (Fsp3) is 0.500. The van der Waals surface area contributed by atoms with Crippen LogP contribution in [0.2, 0.25) is 0 Å². The number of benzene rings is 1. The monoisotopic (exact) mass is 316 g/mol. The molecule has 1 atom stereocenters. The molecule has 0 saturated carbocycles. The van der Waals surface area contributed by atoms with E-state index in [2.05, 4.69) is 12.2 Å². The SMILES string of the molecule is CCCCCC(C)NC(=O)c1cc(F)cc(S(N)(=O)=O)c1. The van der Waals surface area contributed by atoms with Gasteiger partial charge in [-0.2, -0.15) is 0 Å². The zero-order valence-electron chi connectivity index (χ0n) is 12.2. The van der Waals surface area contributed by atoms with Crippen LogP contribution in [-0.2, 0) is 10.0 Å². The number of unbranched alkanes of at least 4 members (excludes halogenated alkanes) is 2. The molecule has 0 aromatic heterocycles. The second-order valence-corrected chi connectivity index (χ2v) is 6.65. The Morgan fingerprint density at radius 1 is 1.33 bits per heavy atom. The second-order valence-electron chi connectivity index (χ2n) is 5.09. The van der Waals surface area contributed by atoms with Gasteiger partial charge in [0.2, 0.25) is 10.0 Å². The van der Waals surface area contributed by atoms with Crippen molar-refractivity contribution in [2.24, 2.45) is 5.14 Å². The van der Waals surface area contributed by atoms with Crippen LogP contribution in [0.5, 0.6) is 0 Å². The molecule has 0 aliphatic heterocycles. The molecule has 0 aliphatic rings. The Morgan fingerprint density at radius 3 is 2.57 bits per heavy atom. The lowest BCUT2D eigenvalue weighted by molar-refractivity contribution is 0.0937. The third-order valence-corrected chi connectivity index (χ3v) is 3.97. The molecular weight excluding hydrogens is 295 g/mol. The summed E-state index contributed by atoms with van der Waals surface area (Å²) in [6, 6.07) is 2.79. The zero-order valence-corrected chi connectivity index (χ0v) is 13.0. The van der Waals surface area contributed by atoms with Gasteiger partial charge in [0, 0.05) is 11.6 Å². The summed E-state index contributed by atoms with van der Waals surface area (Å²) in [5.74, 6) is -1.33. The molecule has 0 fully saturated rings. The molecule has 1 rings (SSSR count). The summed E-state index contributed by atoms with van der Waals surface area (Å²) in [6.45, 7) is 3.94. The van der Waals surface area contributed by atoms with Crippen LogP contribution in [0, 0.1) is 5.82 Å². The molecular formula is C14H21FN2O3S. The van der Waals surface area contributed by atoms with E-state index >= 15 is 0 Å². The van der Waals surface area contributed by atoms with E-state index in [-0.39, 0.29) is 11.6 Å².